The first-order valence-electron chi connectivity index (χ1n) is 3.29. The van der Waals surface area contributed by atoms with E-state index in [9.17, 15) is 0 Å². The molecule has 0 heterocycles. The Labute approximate surface area is 75.2 Å². The number of methoxy groups -OCH3 is 1. The molecule has 0 aliphatic heterocycles. The molecule has 0 aromatic heterocycles. The summed E-state index contributed by atoms with van der Waals surface area (Å²) in [6.07, 6.45) is 1.30. The van der Waals surface area contributed by atoms with Crippen molar-refractivity contribution in [1.82, 2.24) is 0 Å². The first-order valence-corrected chi connectivity index (χ1v) is 3.66. The number of ether oxygens (including phenoxy) is 1. The summed E-state index contributed by atoms with van der Waals surface area (Å²) in [4.78, 5) is 0. The van der Waals surface area contributed by atoms with E-state index in [0.717, 1.165) is 5.56 Å². The highest BCUT2D eigenvalue weighted by Gasteiger charge is 1.99. The van der Waals surface area contributed by atoms with Crippen LogP contribution < -0.4 is 4.74 Å². The largest absolute Gasteiger partial charge is 0.495 e. The van der Waals surface area contributed by atoms with Crippen LogP contribution in [0.2, 0.25) is 5.02 Å². The fraction of sp³-hybridized carbons (Fsp3) is 0.125. The molecule has 0 bridgehead atoms. The van der Waals surface area contributed by atoms with Gasteiger partial charge in [-0.25, -0.2) is 0 Å². The van der Waals surface area contributed by atoms with Crippen LogP contribution in [0.3, 0.4) is 0 Å². The Morgan fingerprint density at radius 1 is 1.58 bits per heavy atom. The van der Waals surface area contributed by atoms with E-state index in [2.05, 4.69) is 5.16 Å². The second kappa shape index (κ2) is 3.97. The van der Waals surface area contributed by atoms with E-state index in [-0.39, 0.29) is 0 Å². The topological polar surface area (TPSA) is 41.8 Å². The van der Waals surface area contributed by atoms with Gasteiger partial charge >= 0.3 is 0 Å². The fourth-order valence-electron chi connectivity index (χ4n) is 0.830. The summed E-state index contributed by atoms with van der Waals surface area (Å²) in [7, 11) is 1.54. The van der Waals surface area contributed by atoms with E-state index >= 15 is 0 Å². The smallest absolute Gasteiger partial charge is 0.137 e. The SMILES string of the molecule is COc1ccc(C=NO)cc1Cl. The number of hydrogen-bond acceptors (Lipinski definition) is 3. The molecule has 0 aliphatic rings. The van der Waals surface area contributed by atoms with E-state index < -0.39 is 0 Å². The average molecular weight is 186 g/mol. The number of halogens is 1. The minimum absolute atomic E-state index is 0.495. The highest BCUT2D eigenvalue weighted by atomic mass is 35.5. The first kappa shape index (κ1) is 8.87. The number of hydrogen-bond donors (Lipinski definition) is 1. The molecule has 1 aromatic carbocycles. The van der Waals surface area contributed by atoms with Gasteiger partial charge in [-0.05, 0) is 23.8 Å². The van der Waals surface area contributed by atoms with Crippen LogP contribution in [0.4, 0.5) is 0 Å². The van der Waals surface area contributed by atoms with Crippen molar-refractivity contribution >= 4 is 17.8 Å². The molecular weight excluding hydrogens is 178 g/mol. The maximum absolute atomic E-state index is 8.23. The fourth-order valence-corrected chi connectivity index (χ4v) is 1.10. The van der Waals surface area contributed by atoms with E-state index in [1.807, 2.05) is 0 Å². The van der Waals surface area contributed by atoms with Crippen molar-refractivity contribution in [2.45, 2.75) is 0 Å². The van der Waals surface area contributed by atoms with Crippen molar-refractivity contribution in [1.29, 1.82) is 0 Å². The Bertz CT molecular complexity index is 299. The van der Waals surface area contributed by atoms with Gasteiger partial charge in [-0.2, -0.15) is 0 Å². The second-order valence-corrected chi connectivity index (χ2v) is 2.55. The van der Waals surface area contributed by atoms with Crippen LogP contribution in [0, 0.1) is 0 Å². The lowest BCUT2D eigenvalue weighted by atomic mass is 10.2. The predicted octanol–water partition coefficient (Wildman–Crippen LogP) is 2.16. The molecule has 0 saturated heterocycles. The molecule has 0 unspecified atom stereocenters. The Balaban J connectivity index is 3.01. The summed E-state index contributed by atoms with van der Waals surface area (Å²) < 4.78 is 4.94. The van der Waals surface area contributed by atoms with Crippen LogP contribution in [0.15, 0.2) is 23.4 Å². The van der Waals surface area contributed by atoms with E-state index in [1.54, 1.807) is 25.3 Å². The summed E-state index contributed by atoms with van der Waals surface area (Å²) in [6, 6.07) is 5.10. The quantitative estimate of drug-likeness (QED) is 0.436. The summed E-state index contributed by atoms with van der Waals surface area (Å²) in [5, 5.41) is 11.6. The molecule has 4 heteroatoms. The van der Waals surface area contributed by atoms with Gasteiger partial charge in [0, 0.05) is 0 Å². The van der Waals surface area contributed by atoms with Crippen molar-refractivity contribution in [3.05, 3.63) is 28.8 Å². The maximum atomic E-state index is 8.23. The molecule has 1 N–H and O–H groups in total. The second-order valence-electron chi connectivity index (χ2n) is 2.14. The predicted molar refractivity (Wildman–Crippen MR) is 47.4 cm³/mol. The molecule has 12 heavy (non-hydrogen) atoms. The van der Waals surface area contributed by atoms with Gasteiger partial charge < -0.3 is 9.94 Å². The van der Waals surface area contributed by atoms with Gasteiger partial charge in [-0.1, -0.05) is 16.8 Å². The molecule has 3 nitrogen and oxygen atoms in total. The minimum Gasteiger partial charge on any atom is -0.495 e. The average Bonchev–Trinajstić information content (AvgIpc) is 2.05. The molecule has 0 amide bonds. The van der Waals surface area contributed by atoms with Crippen molar-refractivity contribution in [3.63, 3.8) is 0 Å². The Kier molecular flexibility index (Phi) is 2.94. The number of benzene rings is 1. The summed E-state index contributed by atoms with van der Waals surface area (Å²) in [5.74, 6) is 0.603. The van der Waals surface area contributed by atoms with Gasteiger partial charge in [0.15, 0.2) is 0 Å². The molecule has 0 fully saturated rings. The molecule has 0 spiro atoms. The standard InChI is InChI=1S/C8H8ClNO2/c1-12-8-3-2-6(5-10-11)4-7(8)9/h2-5,11H,1H3. The minimum atomic E-state index is 0.495. The monoisotopic (exact) mass is 185 g/mol. The Morgan fingerprint density at radius 3 is 2.83 bits per heavy atom. The number of rotatable bonds is 2. The van der Waals surface area contributed by atoms with Crippen LogP contribution in [0.5, 0.6) is 5.75 Å². The number of nitrogens with zero attached hydrogens (tertiary/aromatic N) is 1. The van der Waals surface area contributed by atoms with Crippen molar-refractivity contribution in [2.75, 3.05) is 7.11 Å². The van der Waals surface area contributed by atoms with E-state index in [1.165, 1.54) is 6.21 Å². The lowest BCUT2D eigenvalue weighted by Crippen LogP contribution is -1.86. The van der Waals surface area contributed by atoms with Gasteiger partial charge in [-0.15, -0.1) is 0 Å². The molecule has 0 atom stereocenters. The van der Waals surface area contributed by atoms with E-state index in [4.69, 9.17) is 21.5 Å². The summed E-state index contributed by atoms with van der Waals surface area (Å²) in [6.45, 7) is 0. The Morgan fingerprint density at radius 2 is 2.33 bits per heavy atom. The molecule has 1 rings (SSSR count). The van der Waals surface area contributed by atoms with Crippen LogP contribution in [0.25, 0.3) is 0 Å². The normalized spacial score (nSPS) is 10.5. The van der Waals surface area contributed by atoms with Crippen molar-refractivity contribution < 1.29 is 9.94 Å². The third kappa shape index (κ3) is 1.89. The number of oxime groups is 1. The molecule has 0 radical (unpaired) electrons. The van der Waals surface area contributed by atoms with Crippen LogP contribution in [-0.2, 0) is 0 Å². The maximum Gasteiger partial charge on any atom is 0.137 e. The molecule has 0 aliphatic carbocycles. The third-order valence-corrected chi connectivity index (χ3v) is 1.68. The first-order chi connectivity index (χ1) is 5.77. The molecular formula is C8H8ClNO2. The van der Waals surface area contributed by atoms with Gasteiger partial charge in [0.1, 0.15) is 5.75 Å². The van der Waals surface area contributed by atoms with E-state index in [0.29, 0.717) is 10.8 Å². The molecule has 64 valence electrons. The van der Waals surface area contributed by atoms with Gasteiger partial charge in [0.2, 0.25) is 0 Å². The zero-order valence-corrected chi connectivity index (χ0v) is 7.25. The van der Waals surface area contributed by atoms with Gasteiger partial charge in [0.25, 0.3) is 0 Å². The van der Waals surface area contributed by atoms with Crippen LogP contribution in [-0.4, -0.2) is 18.5 Å². The van der Waals surface area contributed by atoms with Gasteiger partial charge in [-0.3, -0.25) is 0 Å². The summed E-state index contributed by atoms with van der Waals surface area (Å²) >= 11 is 5.80. The highest BCUT2D eigenvalue weighted by Crippen LogP contribution is 2.24. The highest BCUT2D eigenvalue weighted by molar-refractivity contribution is 6.32. The van der Waals surface area contributed by atoms with Gasteiger partial charge in [0.05, 0.1) is 18.3 Å². The third-order valence-electron chi connectivity index (χ3n) is 1.38. The lowest BCUT2D eigenvalue weighted by Gasteiger charge is -2.01. The molecule has 1 aromatic rings. The van der Waals surface area contributed by atoms with Crippen molar-refractivity contribution in [2.24, 2.45) is 5.16 Å². The zero-order chi connectivity index (χ0) is 8.97. The molecule has 0 saturated carbocycles. The zero-order valence-electron chi connectivity index (χ0n) is 6.49. The van der Waals surface area contributed by atoms with Crippen LogP contribution >= 0.6 is 11.6 Å². The van der Waals surface area contributed by atoms with Crippen molar-refractivity contribution in [3.8, 4) is 5.75 Å². The lowest BCUT2D eigenvalue weighted by molar-refractivity contribution is 0.322. The Hall–Kier alpha value is -1.22. The summed E-state index contributed by atoms with van der Waals surface area (Å²) in [5.41, 5.74) is 0.725. The van der Waals surface area contributed by atoms with Crippen LogP contribution in [0.1, 0.15) is 5.56 Å².